The molecule has 0 aliphatic carbocycles. The average molecular weight is 357 g/mol. The fourth-order valence-corrected chi connectivity index (χ4v) is 4.62. The summed E-state index contributed by atoms with van der Waals surface area (Å²) in [4.78, 5) is -0.279. The molecule has 1 aliphatic rings. The maximum Gasteiger partial charge on any atom is 0.134 e. The van der Waals surface area contributed by atoms with Crippen molar-refractivity contribution in [1.82, 2.24) is 5.01 Å². The standard InChI is InChI=1S/C20H24FN3S/c1-2-14-24-20(12-7-13-22,17-9-4-3-5-10-17)25-19(23-24)16-8-6-11-18(21)15-16/h3-6,8-11,15H,2,7,12-14,22H2,1H3. The van der Waals surface area contributed by atoms with E-state index in [2.05, 4.69) is 36.2 Å². The number of nitrogens with zero attached hydrogens (tertiary/aromatic N) is 2. The average Bonchev–Trinajstić information content (AvgIpc) is 3.01. The Hall–Kier alpha value is -1.85. The maximum absolute atomic E-state index is 13.7. The van der Waals surface area contributed by atoms with E-state index in [1.54, 1.807) is 23.9 Å². The lowest BCUT2D eigenvalue weighted by Crippen LogP contribution is -2.38. The van der Waals surface area contributed by atoms with Gasteiger partial charge in [-0.3, -0.25) is 5.01 Å². The van der Waals surface area contributed by atoms with E-state index in [0.717, 1.165) is 36.4 Å². The van der Waals surface area contributed by atoms with Crippen LogP contribution in [0, 0.1) is 5.82 Å². The van der Waals surface area contributed by atoms with Gasteiger partial charge in [-0.05, 0) is 43.5 Å². The summed E-state index contributed by atoms with van der Waals surface area (Å²) in [6.45, 7) is 3.65. The number of hydrazone groups is 1. The van der Waals surface area contributed by atoms with Gasteiger partial charge >= 0.3 is 0 Å². The van der Waals surface area contributed by atoms with Crippen LogP contribution >= 0.6 is 11.8 Å². The summed E-state index contributed by atoms with van der Waals surface area (Å²) in [7, 11) is 0. The van der Waals surface area contributed by atoms with Crippen LogP contribution < -0.4 is 5.73 Å². The molecule has 25 heavy (non-hydrogen) atoms. The van der Waals surface area contributed by atoms with Crippen LogP contribution in [0.5, 0.6) is 0 Å². The molecule has 1 unspecified atom stereocenters. The van der Waals surface area contributed by atoms with Gasteiger partial charge in [0.2, 0.25) is 0 Å². The monoisotopic (exact) mass is 357 g/mol. The van der Waals surface area contributed by atoms with E-state index in [9.17, 15) is 4.39 Å². The highest BCUT2D eigenvalue weighted by Crippen LogP contribution is 2.50. The summed E-state index contributed by atoms with van der Waals surface area (Å²) in [5.74, 6) is -0.234. The lowest BCUT2D eigenvalue weighted by molar-refractivity contribution is 0.170. The van der Waals surface area contributed by atoms with Crippen LogP contribution in [0.3, 0.4) is 0 Å². The van der Waals surface area contributed by atoms with Gasteiger partial charge in [-0.2, -0.15) is 5.10 Å². The molecular weight excluding hydrogens is 333 g/mol. The summed E-state index contributed by atoms with van der Waals surface area (Å²) < 4.78 is 13.7. The van der Waals surface area contributed by atoms with E-state index in [-0.39, 0.29) is 10.7 Å². The maximum atomic E-state index is 13.7. The Morgan fingerprint density at radius 2 is 1.96 bits per heavy atom. The van der Waals surface area contributed by atoms with E-state index < -0.39 is 0 Å². The van der Waals surface area contributed by atoms with Crippen molar-refractivity contribution in [2.24, 2.45) is 10.8 Å². The largest absolute Gasteiger partial charge is 0.330 e. The van der Waals surface area contributed by atoms with Crippen molar-refractivity contribution < 1.29 is 4.39 Å². The summed E-state index contributed by atoms with van der Waals surface area (Å²) in [6.07, 6.45) is 2.81. The first-order chi connectivity index (χ1) is 12.2. The van der Waals surface area contributed by atoms with Gasteiger partial charge in [-0.25, -0.2) is 4.39 Å². The fourth-order valence-electron chi connectivity index (χ4n) is 3.18. The highest BCUT2D eigenvalue weighted by molar-refractivity contribution is 8.15. The molecule has 0 spiro atoms. The van der Waals surface area contributed by atoms with E-state index in [4.69, 9.17) is 10.8 Å². The predicted molar refractivity (Wildman–Crippen MR) is 104 cm³/mol. The van der Waals surface area contributed by atoms with Gasteiger partial charge in [0.15, 0.2) is 0 Å². The zero-order valence-electron chi connectivity index (χ0n) is 14.5. The molecule has 0 saturated carbocycles. The minimum Gasteiger partial charge on any atom is -0.330 e. The molecule has 2 N–H and O–H groups in total. The Morgan fingerprint density at radius 3 is 2.64 bits per heavy atom. The van der Waals surface area contributed by atoms with E-state index in [1.165, 1.54) is 11.6 Å². The number of nitrogens with two attached hydrogens (primary N) is 1. The zero-order valence-corrected chi connectivity index (χ0v) is 15.3. The van der Waals surface area contributed by atoms with Crippen LogP contribution in [-0.2, 0) is 4.87 Å². The van der Waals surface area contributed by atoms with Gasteiger partial charge in [0, 0.05) is 12.1 Å². The molecule has 2 aromatic rings. The molecule has 3 nitrogen and oxygen atoms in total. The zero-order chi connectivity index (χ0) is 17.7. The van der Waals surface area contributed by atoms with Crippen LogP contribution in [0.4, 0.5) is 4.39 Å². The van der Waals surface area contributed by atoms with Crippen molar-refractivity contribution in [3.63, 3.8) is 0 Å². The fraction of sp³-hybridized carbons (Fsp3) is 0.350. The molecule has 0 fully saturated rings. The second-order valence-corrected chi connectivity index (χ2v) is 7.45. The number of thioether (sulfide) groups is 1. The topological polar surface area (TPSA) is 41.6 Å². The Kier molecular flexibility index (Phi) is 5.76. The molecule has 0 aromatic heterocycles. The first-order valence-corrected chi connectivity index (χ1v) is 9.58. The van der Waals surface area contributed by atoms with Crippen molar-refractivity contribution in [1.29, 1.82) is 0 Å². The van der Waals surface area contributed by atoms with Gasteiger partial charge < -0.3 is 5.73 Å². The number of hydrogen-bond acceptors (Lipinski definition) is 4. The molecule has 5 heteroatoms. The van der Waals surface area contributed by atoms with E-state index >= 15 is 0 Å². The highest BCUT2D eigenvalue weighted by Gasteiger charge is 2.44. The van der Waals surface area contributed by atoms with Crippen LogP contribution in [-0.4, -0.2) is 23.1 Å². The molecule has 1 atom stereocenters. The van der Waals surface area contributed by atoms with Gasteiger partial charge in [-0.15, -0.1) is 0 Å². The summed E-state index contributed by atoms with van der Waals surface area (Å²) >= 11 is 1.71. The van der Waals surface area contributed by atoms with Gasteiger partial charge in [0.1, 0.15) is 15.7 Å². The normalized spacial score (nSPS) is 20.0. The third-order valence-corrected chi connectivity index (χ3v) is 5.84. The Labute approximate surface area is 153 Å². The third kappa shape index (κ3) is 3.72. The van der Waals surface area contributed by atoms with Crippen molar-refractivity contribution in [3.8, 4) is 0 Å². The van der Waals surface area contributed by atoms with Gasteiger partial charge in [0.05, 0.1) is 0 Å². The number of hydrogen-bond donors (Lipinski definition) is 1. The van der Waals surface area contributed by atoms with Crippen LogP contribution in [0.1, 0.15) is 37.3 Å². The number of rotatable bonds is 7. The molecule has 0 amide bonds. The van der Waals surface area contributed by atoms with Crippen molar-refractivity contribution in [2.75, 3.05) is 13.1 Å². The minimum absolute atomic E-state index is 0.234. The molecule has 0 bridgehead atoms. The molecule has 132 valence electrons. The first-order valence-electron chi connectivity index (χ1n) is 8.76. The van der Waals surface area contributed by atoms with Gasteiger partial charge in [0.25, 0.3) is 0 Å². The molecule has 3 rings (SSSR count). The van der Waals surface area contributed by atoms with Crippen LogP contribution in [0.15, 0.2) is 59.7 Å². The summed E-state index contributed by atoms with van der Waals surface area (Å²) in [5, 5.41) is 7.92. The van der Waals surface area contributed by atoms with E-state index in [1.807, 2.05) is 12.1 Å². The minimum atomic E-state index is -0.279. The smallest absolute Gasteiger partial charge is 0.134 e. The molecule has 1 heterocycles. The Morgan fingerprint density at radius 1 is 1.16 bits per heavy atom. The van der Waals surface area contributed by atoms with Gasteiger partial charge in [-0.1, -0.05) is 61.2 Å². The summed E-state index contributed by atoms with van der Waals surface area (Å²) in [6, 6.07) is 17.1. The lowest BCUT2D eigenvalue weighted by atomic mass is 10.00. The Bertz CT molecular complexity index is 735. The van der Waals surface area contributed by atoms with Crippen LogP contribution in [0.2, 0.25) is 0 Å². The predicted octanol–water partition coefficient (Wildman–Crippen LogP) is 4.54. The molecule has 0 saturated heterocycles. The lowest BCUT2D eigenvalue weighted by Gasteiger charge is -2.37. The summed E-state index contributed by atoms with van der Waals surface area (Å²) in [5.41, 5.74) is 7.86. The third-order valence-electron chi connectivity index (χ3n) is 4.35. The Balaban J connectivity index is 2.02. The first kappa shape index (κ1) is 18.0. The van der Waals surface area contributed by atoms with Crippen molar-refractivity contribution >= 4 is 16.8 Å². The van der Waals surface area contributed by atoms with E-state index in [0.29, 0.717) is 6.54 Å². The number of benzene rings is 2. The van der Waals surface area contributed by atoms with Crippen LogP contribution in [0.25, 0.3) is 0 Å². The molecule has 2 aromatic carbocycles. The molecule has 0 radical (unpaired) electrons. The van der Waals surface area contributed by atoms with Crippen molar-refractivity contribution in [2.45, 2.75) is 31.1 Å². The number of halogens is 1. The second kappa shape index (κ2) is 8.02. The second-order valence-electron chi connectivity index (χ2n) is 6.18. The molecular formula is C20H24FN3S. The highest BCUT2D eigenvalue weighted by atomic mass is 32.2. The molecule has 1 aliphatic heterocycles. The van der Waals surface area contributed by atoms with Crippen molar-refractivity contribution in [3.05, 3.63) is 71.5 Å². The quantitative estimate of drug-likeness (QED) is 0.791. The SMILES string of the molecule is CCCN1N=C(c2cccc(F)c2)SC1(CCCN)c1ccccc1.